The smallest absolute Gasteiger partial charge is 0.185 e. The molecule has 24 heteroatoms. The number of rotatable bonds is 5. The van der Waals surface area contributed by atoms with Gasteiger partial charge in [0.2, 0.25) is 0 Å². The van der Waals surface area contributed by atoms with E-state index in [-0.39, 0.29) is 69.7 Å². The molecule has 0 spiro atoms. The number of hydrogen-bond donors (Lipinski definition) is 4. The van der Waals surface area contributed by atoms with Crippen molar-refractivity contribution in [2.45, 2.75) is 6.92 Å². The molecule has 0 amide bonds. The third kappa shape index (κ3) is 14.9. The summed E-state index contributed by atoms with van der Waals surface area (Å²) >= 11 is 63.4. The molecule has 0 bridgehead atoms. The Bertz CT molecular complexity index is 2220. The van der Waals surface area contributed by atoms with E-state index < -0.39 is 22.4 Å². The Morgan fingerprint density at radius 3 is 1.42 bits per heavy atom. The zero-order valence-corrected chi connectivity index (χ0v) is 44.0. The molecule has 4 N–H and O–H groups in total. The summed E-state index contributed by atoms with van der Waals surface area (Å²) < 4.78 is 53.5. The van der Waals surface area contributed by atoms with Gasteiger partial charge in [-0.3, -0.25) is 0 Å². The molecule has 0 aliphatic rings. The summed E-state index contributed by atoms with van der Waals surface area (Å²) in [7, 11) is 7.06. The highest BCUT2D eigenvalue weighted by Gasteiger charge is 2.22. The van der Waals surface area contributed by atoms with Crippen molar-refractivity contribution in [3.63, 3.8) is 0 Å². The maximum Gasteiger partial charge on any atom is 0.185 e. The molecule has 0 fully saturated rings. The number of aromatic hydroxyl groups is 4. The molecule has 0 radical (unpaired) electrons. The first-order valence-electron chi connectivity index (χ1n) is 15.2. The highest BCUT2D eigenvalue weighted by molar-refractivity contribution is 9.11. The Balaban J connectivity index is 0.000000375. The van der Waals surface area contributed by atoms with Crippen LogP contribution in [0.25, 0.3) is 0 Å². The second kappa shape index (κ2) is 26.5. The summed E-state index contributed by atoms with van der Waals surface area (Å²) in [6.45, 7) is 1.98. The van der Waals surface area contributed by atoms with E-state index in [1.807, 2.05) is 13.0 Å². The van der Waals surface area contributed by atoms with Crippen LogP contribution < -0.4 is 23.7 Å². The molecule has 0 heterocycles. The number of ether oxygens (including phenoxy) is 5. The molecule has 0 aliphatic carbocycles. The van der Waals surface area contributed by atoms with E-state index in [1.54, 1.807) is 20.3 Å². The minimum atomic E-state index is -0.956. The molecule has 0 unspecified atom stereocenters. The highest BCUT2D eigenvalue weighted by Crippen LogP contribution is 2.47. The number of hydrogen-bond acceptors (Lipinski definition) is 9. The summed E-state index contributed by atoms with van der Waals surface area (Å²) in [5.74, 6) is -1.43. The molecule has 0 aromatic heterocycles. The fourth-order valence-corrected chi connectivity index (χ4v) is 8.85. The molecule has 60 heavy (non-hydrogen) atoms. The van der Waals surface area contributed by atoms with Crippen molar-refractivity contribution in [1.82, 2.24) is 0 Å². The van der Waals surface area contributed by atoms with E-state index >= 15 is 0 Å². The Morgan fingerprint density at radius 2 is 0.917 bits per heavy atom. The van der Waals surface area contributed by atoms with Gasteiger partial charge in [0.25, 0.3) is 0 Å². The van der Waals surface area contributed by atoms with E-state index in [0.29, 0.717) is 21.0 Å². The Morgan fingerprint density at radius 1 is 0.433 bits per heavy atom. The molecule has 330 valence electrons. The maximum atomic E-state index is 13.1. The zero-order valence-electron chi connectivity index (χ0n) is 30.9. The molecule has 5 aromatic carbocycles. The van der Waals surface area contributed by atoms with Gasteiger partial charge in [-0.2, -0.15) is 0 Å². The average molecular weight is 1280 g/mol. The summed E-state index contributed by atoms with van der Waals surface area (Å²) in [5, 5.41) is 36.1. The molecule has 9 nitrogen and oxygen atoms in total. The van der Waals surface area contributed by atoms with Gasteiger partial charge in [0.1, 0.15) is 47.4 Å². The molecule has 0 atom stereocenters. The Hall–Kier alpha value is -1.31. The summed E-state index contributed by atoms with van der Waals surface area (Å²) in [4.78, 5) is 0. The van der Waals surface area contributed by atoms with Crippen LogP contribution in [-0.2, 0) is 0 Å². The van der Waals surface area contributed by atoms with Crippen LogP contribution in [0, 0.1) is 18.6 Å². The molecule has 0 aliphatic heterocycles. The topological polar surface area (TPSA) is 127 Å². The fourth-order valence-electron chi connectivity index (χ4n) is 3.77. The zero-order chi connectivity index (χ0) is 46.5. The Kier molecular flexibility index (Phi) is 25.0. The van der Waals surface area contributed by atoms with Crippen molar-refractivity contribution in [2.75, 3.05) is 35.5 Å². The third-order valence-corrected chi connectivity index (χ3v) is 12.9. The van der Waals surface area contributed by atoms with Crippen molar-refractivity contribution in [3.8, 4) is 51.7 Å². The van der Waals surface area contributed by atoms with Gasteiger partial charge >= 0.3 is 0 Å². The maximum absolute atomic E-state index is 13.1. The lowest BCUT2D eigenvalue weighted by Crippen LogP contribution is -1.90. The van der Waals surface area contributed by atoms with E-state index in [4.69, 9.17) is 124 Å². The second-order valence-corrected chi connectivity index (χ2v) is 17.3. The largest absolute Gasteiger partial charge is 0.507 e. The standard InChI is InChI=1S/C8H7Br2ClO.C7H6Br2O2.C7H4Cl3FO2.C7H5Cl3O2.C7H5Cl2FO2/c1-4-5(9)3-6(11)8(12-2)7(4)10;1-11-7-3-6(10)4(8)2-5(7)9;1-13-7-3(9)5(11)2(8)6(12)4(7)10;1-12-7-4(9)2-3(8)6(11)5(7)10;1-12-4-2-3(11)5(8)6(9)7(4)10/h3H,1-2H3;2-3,10H,1H3;12H,1H3;2*2,11H,1H3. The van der Waals surface area contributed by atoms with Gasteiger partial charge in [-0.1, -0.05) is 120 Å². The van der Waals surface area contributed by atoms with Gasteiger partial charge < -0.3 is 44.1 Å². The first-order valence-corrected chi connectivity index (χ1v) is 21.8. The van der Waals surface area contributed by atoms with Gasteiger partial charge in [0, 0.05) is 16.6 Å². The monoisotopic (exact) mass is 1270 g/mol. The van der Waals surface area contributed by atoms with Crippen LogP contribution >= 0.6 is 168 Å². The molecular formula is C36H27Br4Cl9F2O9. The summed E-state index contributed by atoms with van der Waals surface area (Å²) in [5.41, 5.74) is 1.08. The quantitative estimate of drug-likeness (QED) is 0.100. The normalized spacial score (nSPS) is 10.0. The molecule has 0 saturated heterocycles. The van der Waals surface area contributed by atoms with Crippen LogP contribution in [0.3, 0.4) is 0 Å². The molecular weight excluding hydrogens is 1250 g/mol. The van der Waals surface area contributed by atoms with Gasteiger partial charge in [0.15, 0.2) is 46.1 Å². The number of phenols is 4. The predicted molar refractivity (Wildman–Crippen MR) is 252 cm³/mol. The van der Waals surface area contributed by atoms with Crippen LogP contribution in [0.4, 0.5) is 8.78 Å². The predicted octanol–water partition coefficient (Wildman–Crippen LogP) is 16.8. The van der Waals surface area contributed by atoms with Crippen LogP contribution in [0.1, 0.15) is 5.56 Å². The van der Waals surface area contributed by atoms with E-state index in [0.717, 1.165) is 25.0 Å². The lowest BCUT2D eigenvalue weighted by atomic mass is 10.2. The lowest BCUT2D eigenvalue weighted by molar-refractivity contribution is 0.380. The summed E-state index contributed by atoms with van der Waals surface area (Å²) in [6, 6.07) is 7.51. The van der Waals surface area contributed by atoms with Crippen LogP contribution in [-0.4, -0.2) is 56.0 Å². The number of halogens is 15. The number of phenolic OH excluding ortho intramolecular Hbond substituents is 4. The van der Waals surface area contributed by atoms with Gasteiger partial charge in [-0.15, -0.1) is 0 Å². The van der Waals surface area contributed by atoms with Crippen LogP contribution in [0.15, 0.2) is 48.2 Å². The van der Waals surface area contributed by atoms with Gasteiger partial charge in [-0.05, 0) is 78.5 Å². The third-order valence-electron chi connectivity index (χ3n) is 6.81. The first kappa shape index (κ1) is 56.7. The van der Waals surface area contributed by atoms with Gasteiger partial charge in [-0.25, -0.2) is 8.78 Å². The first-order chi connectivity index (χ1) is 27.9. The average Bonchev–Trinajstić information content (AvgIpc) is 3.21. The van der Waals surface area contributed by atoms with Crippen molar-refractivity contribution in [1.29, 1.82) is 0 Å². The highest BCUT2D eigenvalue weighted by atomic mass is 79.9. The summed E-state index contributed by atoms with van der Waals surface area (Å²) in [6.07, 6.45) is 0. The van der Waals surface area contributed by atoms with Crippen molar-refractivity contribution < 1.29 is 52.9 Å². The molecule has 5 rings (SSSR count). The molecule has 0 saturated carbocycles. The lowest BCUT2D eigenvalue weighted by Gasteiger charge is -2.09. The SMILES string of the molecule is COc1c(Cl)c(O)c(Cl)c(F)c1Cl.COc1c(Cl)cc(Br)c(C)c1Br.COc1c(Cl)cc(Cl)c(O)c1Cl.COc1cc(O)c(Br)cc1Br.COc1cc(O)c(Cl)c(Cl)c1F. The van der Waals surface area contributed by atoms with E-state index in [9.17, 15) is 24.1 Å². The minimum Gasteiger partial charge on any atom is -0.507 e. The number of methoxy groups -OCH3 is 5. The van der Waals surface area contributed by atoms with Crippen LogP contribution in [0.2, 0.25) is 45.2 Å². The Labute approximate surface area is 421 Å². The van der Waals surface area contributed by atoms with Crippen LogP contribution in [0.5, 0.6) is 51.7 Å². The van der Waals surface area contributed by atoms with Crippen molar-refractivity contribution >= 4 is 168 Å². The number of benzene rings is 5. The van der Waals surface area contributed by atoms with Crippen molar-refractivity contribution in [2.24, 2.45) is 0 Å². The molecule has 5 aromatic rings. The van der Waals surface area contributed by atoms with E-state index in [1.165, 1.54) is 33.5 Å². The minimum absolute atomic E-state index is 0.0231. The van der Waals surface area contributed by atoms with E-state index in [2.05, 4.69) is 73.2 Å². The van der Waals surface area contributed by atoms with Crippen molar-refractivity contribution in [3.05, 3.63) is 111 Å². The fraction of sp³-hybridized carbons (Fsp3) is 0.167. The van der Waals surface area contributed by atoms with Gasteiger partial charge in [0.05, 0.1) is 64.0 Å². The second-order valence-electron chi connectivity index (χ2n) is 10.5.